The third kappa shape index (κ3) is 8.39. The summed E-state index contributed by atoms with van der Waals surface area (Å²) in [6, 6.07) is 1.52. The smallest absolute Gasteiger partial charge is 0.0842 e. The van der Waals surface area contributed by atoms with E-state index in [-0.39, 0.29) is 9.68 Å². The predicted molar refractivity (Wildman–Crippen MR) is 50.6 cm³/mol. The Bertz CT molecular complexity index is 44.3. The number of rotatable bonds is 6. The molecule has 9 heavy (non-hydrogen) atoms. The molecule has 56 valence electrons. The van der Waals surface area contributed by atoms with Gasteiger partial charge in [-0.25, -0.2) is 0 Å². The second kappa shape index (κ2) is 8.39. The van der Waals surface area contributed by atoms with Crippen molar-refractivity contribution in [2.24, 2.45) is 0 Å². The van der Waals surface area contributed by atoms with Gasteiger partial charge >= 0.3 is 0 Å². The SMILES string of the molecule is CCCCCC[SiH2]N[SiH3]. The zero-order valence-corrected chi connectivity index (χ0v) is 10.2. The first-order valence-corrected chi connectivity index (χ1v) is 6.77. The molecule has 0 aromatic heterocycles. The minimum Gasteiger partial charge on any atom is -0.372 e. The second-order valence-corrected chi connectivity index (χ2v) is 6.55. The molecule has 1 nitrogen and oxygen atoms in total. The number of unbranched alkanes of at least 4 members (excludes halogenated alkanes) is 3. The minimum absolute atomic E-state index is 0.205. The van der Waals surface area contributed by atoms with Gasteiger partial charge in [-0.1, -0.05) is 38.7 Å². The molecule has 1 N–H and O–H groups in total. The van der Waals surface area contributed by atoms with Crippen LogP contribution in [0.5, 0.6) is 0 Å². The number of nitrogens with one attached hydrogen (secondary N) is 1. The molecule has 0 aliphatic carbocycles. The van der Waals surface area contributed by atoms with Crippen LogP contribution in [0.25, 0.3) is 0 Å². The summed E-state index contributed by atoms with van der Waals surface area (Å²) in [6.45, 7) is 2.27. The Morgan fingerprint density at radius 2 is 2.11 bits per heavy atom. The highest BCUT2D eigenvalue weighted by Crippen LogP contribution is 2.00. The van der Waals surface area contributed by atoms with Crippen LogP contribution in [0.4, 0.5) is 0 Å². The number of hydrogen-bond donors (Lipinski definition) is 1. The first-order chi connectivity index (χ1) is 4.41. The summed E-state index contributed by atoms with van der Waals surface area (Å²) < 4.78 is 3.42. The van der Waals surface area contributed by atoms with Crippen molar-refractivity contribution in [2.45, 2.75) is 38.7 Å². The van der Waals surface area contributed by atoms with E-state index in [1.54, 1.807) is 0 Å². The molecule has 0 saturated heterocycles. The van der Waals surface area contributed by atoms with Crippen molar-refractivity contribution in [3.63, 3.8) is 0 Å². The fourth-order valence-corrected chi connectivity index (χ4v) is 2.92. The van der Waals surface area contributed by atoms with E-state index in [2.05, 4.69) is 11.6 Å². The third-order valence-corrected chi connectivity index (χ3v) is 4.38. The van der Waals surface area contributed by atoms with Gasteiger partial charge < -0.3 is 4.65 Å². The lowest BCUT2D eigenvalue weighted by Crippen LogP contribution is -2.13. The second-order valence-electron chi connectivity index (χ2n) is 2.52. The Hall–Kier alpha value is 0.394. The van der Waals surface area contributed by atoms with E-state index in [0.717, 1.165) is 0 Å². The van der Waals surface area contributed by atoms with Crippen molar-refractivity contribution in [3.05, 3.63) is 0 Å². The summed E-state index contributed by atoms with van der Waals surface area (Å²) in [5.74, 6) is 0. The Morgan fingerprint density at radius 1 is 1.33 bits per heavy atom. The largest absolute Gasteiger partial charge is 0.372 e. The molecule has 0 heterocycles. The molecule has 0 spiro atoms. The topological polar surface area (TPSA) is 12.0 Å². The van der Waals surface area contributed by atoms with Gasteiger partial charge in [0.2, 0.25) is 0 Å². The zero-order chi connectivity index (χ0) is 6.95. The average Bonchev–Trinajstić information content (AvgIpc) is 1.89. The normalized spacial score (nSPS) is 11.7. The summed E-state index contributed by atoms with van der Waals surface area (Å²) in [4.78, 5) is 0. The van der Waals surface area contributed by atoms with E-state index >= 15 is 0 Å². The Balaban J connectivity index is 2.60. The monoisotopic (exact) mass is 161 g/mol. The maximum atomic E-state index is 3.42. The molecule has 0 aliphatic rings. The third-order valence-electron chi connectivity index (χ3n) is 1.53. The molecular weight excluding hydrogens is 142 g/mol. The van der Waals surface area contributed by atoms with Gasteiger partial charge in [0.05, 0.1) is 20.1 Å². The lowest BCUT2D eigenvalue weighted by atomic mass is 10.2. The van der Waals surface area contributed by atoms with Crippen LogP contribution in [0.2, 0.25) is 6.04 Å². The first-order valence-electron chi connectivity index (χ1n) is 4.06. The van der Waals surface area contributed by atoms with Gasteiger partial charge in [-0.2, -0.15) is 0 Å². The Kier molecular flexibility index (Phi) is 8.76. The standard InChI is InChI=1S/C6H19NSi2/c1-2-3-4-5-6-9-7-8/h7H,2-6,9H2,1,8H3. The zero-order valence-electron chi connectivity index (χ0n) is 6.74. The first kappa shape index (κ1) is 9.39. The Labute approximate surface area is 64.0 Å². The molecule has 0 amide bonds. The van der Waals surface area contributed by atoms with Crippen LogP contribution >= 0.6 is 0 Å². The molecule has 0 aromatic carbocycles. The molecule has 0 atom stereocenters. The Morgan fingerprint density at radius 3 is 2.67 bits per heavy atom. The highest BCUT2D eigenvalue weighted by molar-refractivity contribution is 6.41. The van der Waals surface area contributed by atoms with Gasteiger partial charge in [0.15, 0.2) is 0 Å². The maximum Gasteiger partial charge on any atom is 0.0842 e. The molecule has 0 bridgehead atoms. The highest BCUT2D eigenvalue weighted by Gasteiger charge is 1.86. The lowest BCUT2D eigenvalue weighted by molar-refractivity contribution is 0.699. The molecule has 0 unspecified atom stereocenters. The molecule has 0 rings (SSSR count). The van der Waals surface area contributed by atoms with Crippen molar-refractivity contribution in [2.75, 3.05) is 0 Å². The fourth-order valence-electron chi connectivity index (χ4n) is 0.905. The predicted octanol–water partition coefficient (Wildman–Crippen LogP) is -0.0612. The lowest BCUT2D eigenvalue weighted by Gasteiger charge is -1.96. The van der Waals surface area contributed by atoms with Crippen LogP contribution < -0.4 is 4.65 Å². The van der Waals surface area contributed by atoms with E-state index in [1.807, 2.05) is 0 Å². The number of hydrogen-bond acceptors (Lipinski definition) is 1. The molecule has 0 radical (unpaired) electrons. The van der Waals surface area contributed by atoms with Crippen molar-refractivity contribution in [1.29, 1.82) is 0 Å². The fraction of sp³-hybridized carbons (Fsp3) is 1.00. The maximum absolute atomic E-state index is 3.42. The van der Waals surface area contributed by atoms with E-state index < -0.39 is 0 Å². The van der Waals surface area contributed by atoms with Gasteiger partial charge in [-0.3, -0.25) is 0 Å². The van der Waals surface area contributed by atoms with E-state index in [9.17, 15) is 0 Å². The highest BCUT2D eigenvalue weighted by atomic mass is 28.3. The van der Waals surface area contributed by atoms with E-state index in [1.165, 1.54) is 42.1 Å². The summed E-state index contributed by atoms with van der Waals surface area (Å²) in [7, 11) is 1.43. The van der Waals surface area contributed by atoms with Crippen LogP contribution in [0.1, 0.15) is 32.6 Å². The molecule has 3 heteroatoms. The van der Waals surface area contributed by atoms with Crippen molar-refractivity contribution < 1.29 is 0 Å². The van der Waals surface area contributed by atoms with Crippen LogP contribution in [-0.2, 0) is 0 Å². The van der Waals surface area contributed by atoms with Crippen molar-refractivity contribution in [1.82, 2.24) is 4.65 Å². The minimum atomic E-state index is 0.205. The quantitative estimate of drug-likeness (QED) is 0.425. The summed E-state index contributed by atoms with van der Waals surface area (Å²) >= 11 is 0. The summed E-state index contributed by atoms with van der Waals surface area (Å²) in [5.41, 5.74) is 0. The van der Waals surface area contributed by atoms with E-state index in [0.29, 0.717) is 0 Å². The molecular formula is C6H19NSi2. The van der Waals surface area contributed by atoms with Gasteiger partial charge in [0.1, 0.15) is 0 Å². The summed E-state index contributed by atoms with van der Waals surface area (Å²) in [6.07, 6.45) is 5.76. The molecule has 0 fully saturated rings. The average molecular weight is 161 g/mol. The molecule has 0 saturated carbocycles. The van der Waals surface area contributed by atoms with Crippen LogP contribution in [-0.4, -0.2) is 20.1 Å². The van der Waals surface area contributed by atoms with E-state index in [4.69, 9.17) is 0 Å². The van der Waals surface area contributed by atoms with Crippen molar-refractivity contribution >= 4 is 20.1 Å². The molecule has 0 aliphatic heterocycles. The summed E-state index contributed by atoms with van der Waals surface area (Å²) in [5, 5.41) is 0. The van der Waals surface area contributed by atoms with Crippen LogP contribution in [0.15, 0.2) is 0 Å². The van der Waals surface area contributed by atoms with Gasteiger partial charge in [0.25, 0.3) is 0 Å². The van der Waals surface area contributed by atoms with Gasteiger partial charge in [0, 0.05) is 0 Å². The molecule has 0 aromatic rings. The van der Waals surface area contributed by atoms with Gasteiger partial charge in [-0.15, -0.1) is 0 Å². The van der Waals surface area contributed by atoms with Crippen molar-refractivity contribution in [3.8, 4) is 0 Å². The van der Waals surface area contributed by atoms with Crippen LogP contribution in [0.3, 0.4) is 0 Å². The van der Waals surface area contributed by atoms with Crippen LogP contribution in [0, 0.1) is 0 Å². The van der Waals surface area contributed by atoms with Gasteiger partial charge in [-0.05, 0) is 0 Å².